The van der Waals surface area contributed by atoms with Crippen molar-refractivity contribution in [3.63, 3.8) is 0 Å². The van der Waals surface area contributed by atoms with E-state index in [1.165, 1.54) is 30.3 Å². The van der Waals surface area contributed by atoms with Crippen LogP contribution in [0.4, 0.5) is 10.1 Å². The van der Waals surface area contributed by atoms with Gasteiger partial charge in [-0.2, -0.15) is 0 Å². The lowest BCUT2D eigenvalue weighted by molar-refractivity contribution is 0.0469. The van der Waals surface area contributed by atoms with Crippen molar-refractivity contribution in [2.75, 3.05) is 5.73 Å². The Balaban J connectivity index is 2.08. The van der Waals surface area contributed by atoms with Gasteiger partial charge in [-0.25, -0.2) is 9.18 Å². The minimum atomic E-state index is -0.618. The summed E-state index contributed by atoms with van der Waals surface area (Å²) in [5, 5.41) is 0.330. The maximum absolute atomic E-state index is 13.6. The maximum atomic E-state index is 13.6. The molecule has 3 nitrogen and oxygen atoms in total. The van der Waals surface area contributed by atoms with Crippen molar-refractivity contribution < 1.29 is 13.9 Å². The number of hydrogen-bond donors (Lipinski definition) is 1. The number of rotatable bonds is 3. The number of nitrogens with two attached hydrogens (primary N) is 1. The summed E-state index contributed by atoms with van der Waals surface area (Å²) in [6, 6.07) is 8.86. The second-order valence-electron chi connectivity index (χ2n) is 4.03. The van der Waals surface area contributed by atoms with Crippen LogP contribution in [-0.2, 0) is 11.3 Å². The second kappa shape index (κ2) is 6.11. The lowest BCUT2D eigenvalue weighted by Crippen LogP contribution is -2.07. The number of anilines is 1. The molecule has 0 spiro atoms. The Labute approximate surface area is 125 Å². The predicted octanol–water partition coefficient (Wildman–Crippen LogP) is 4.07. The number of esters is 1. The molecule has 2 N–H and O–H groups in total. The van der Waals surface area contributed by atoms with E-state index in [0.717, 1.165) is 0 Å². The third-order valence-corrected chi connectivity index (χ3v) is 3.26. The molecule has 0 atom stereocenters. The molecular weight excluding hydrogens is 304 g/mol. The number of carbonyl (C=O) groups excluding carboxylic acids is 1. The van der Waals surface area contributed by atoms with E-state index in [-0.39, 0.29) is 28.4 Å². The van der Waals surface area contributed by atoms with Crippen LogP contribution < -0.4 is 5.73 Å². The summed E-state index contributed by atoms with van der Waals surface area (Å²) in [5.41, 5.74) is 6.31. The van der Waals surface area contributed by atoms with Crippen LogP contribution in [0.5, 0.6) is 0 Å². The minimum Gasteiger partial charge on any atom is -0.457 e. The summed E-state index contributed by atoms with van der Waals surface area (Å²) in [5.74, 6) is -1.22. The average Bonchev–Trinajstić information content (AvgIpc) is 2.43. The van der Waals surface area contributed by atoms with Crippen LogP contribution in [0.1, 0.15) is 15.9 Å². The zero-order valence-corrected chi connectivity index (χ0v) is 11.7. The van der Waals surface area contributed by atoms with E-state index in [0.29, 0.717) is 5.02 Å². The second-order valence-corrected chi connectivity index (χ2v) is 4.84. The molecule has 0 amide bonds. The zero-order chi connectivity index (χ0) is 14.7. The largest absolute Gasteiger partial charge is 0.457 e. The third kappa shape index (κ3) is 3.21. The molecule has 0 aliphatic heterocycles. The van der Waals surface area contributed by atoms with Gasteiger partial charge in [0.1, 0.15) is 12.4 Å². The lowest BCUT2D eigenvalue weighted by Gasteiger charge is -2.07. The van der Waals surface area contributed by atoms with Gasteiger partial charge < -0.3 is 10.5 Å². The van der Waals surface area contributed by atoms with Gasteiger partial charge in [0, 0.05) is 5.56 Å². The van der Waals surface area contributed by atoms with Crippen LogP contribution in [0, 0.1) is 5.82 Å². The minimum absolute atomic E-state index is 0.0192. The van der Waals surface area contributed by atoms with Gasteiger partial charge in [0.25, 0.3) is 0 Å². The first kappa shape index (κ1) is 14.6. The molecule has 2 rings (SSSR count). The summed E-state index contributed by atoms with van der Waals surface area (Å²) in [7, 11) is 0. The predicted molar refractivity (Wildman–Crippen MR) is 76.4 cm³/mol. The van der Waals surface area contributed by atoms with E-state index in [4.69, 9.17) is 33.7 Å². The Morgan fingerprint density at radius 1 is 1.20 bits per heavy atom. The monoisotopic (exact) mass is 313 g/mol. The molecule has 2 aromatic rings. The van der Waals surface area contributed by atoms with Gasteiger partial charge in [0.2, 0.25) is 0 Å². The van der Waals surface area contributed by atoms with Gasteiger partial charge >= 0.3 is 5.97 Å². The lowest BCUT2D eigenvalue weighted by atomic mass is 10.2. The fraction of sp³-hybridized carbons (Fsp3) is 0.0714. The first-order valence-corrected chi connectivity index (χ1v) is 6.39. The van der Waals surface area contributed by atoms with Crippen LogP contribution in [-0.4, -0.2) is 5.97 Å². The summed E-state index contributed by atoms with van der Waals surface area (Å²) >= 11 is 11.4. The highest BCUT2D eigenvalue weighted by Gasteiger charge is 2.12. The average molecular weight is 314 g/mol. The molecule has 0 heterocycles. The highest BCUT2D eigenvalue weighted by Crippen LogP contribution is 2.21. The van der Waals surface area contributed by atoms with E-state index in [2.05, 4.69) is 0 Å². The number of nitrogen functional groups attached to an aromatic ring is 1. The fourth-order valence-corrected chi connectivity index (χ4v) is 1.87. The Kier molecular flexibility index (Phi) is 4.47. The molecule has 20 heavy (non-hydrogen) atoms. The van der Waals surface area contributed by atoms with Crippen molar-refractivity contribution in [2.24, 2.45) is 0 Å². The molecule has 0 radical (unpaired) electrons. The summed E-state index contributed by atoms with van der Waals surface area (Å²) in [4.78, 5) is 11.8. The van der Waals surface area contributed by atoms with Gasteiger partial charge in [-0.05, 0) is 24.3 Å². The first-order chi connectivity index (χ1) is 9.49. The third-order valence-electron chi connectivity index (χ3n) is 2.62. The van der Waals surface area contributed by atoms with Crippen LogP contribution in [0.3, 0.4) is 0 Å². The van der Waals surface area contributed by atoms with Crippen molar-refractivity contribution in [1.29, 1.82) is 0 Å². The highest BCUT2D eigenvalue weighted by molar-refractivity contribution is 6.33. The number of halogens is 3. The Hall–Kier alpha value is -1.78. The highest BCUT2D eigenvalue weighted by atomic mass is 35.5. The molecule has 0 aliphatic rings. The number of hydrogen-bond acceptors (Lipinski definition) is 3. The Morgan fingerprint density at radius 3 is 2.65 bits per heavy atom. The van der Waals surface area contributed by atoms with Gasteiger partial charge in [-0.3, -0.25) is 0 Å². The van der Waals surface area contributed by atoms with Crippen molar-refractivity contribution >= 4 is 34.9 Å². The zero-order valence-electron chi connectivity index (χ0n) is 10.2. The quantitative estimate of drug-likeness (QED) is 0.686. The van der Waals surface area contributed by atoms with Gasteiger partial charge in [-0.15, -0.1) is 0 Å². The van der Waals surface area contributed by atoms with Crippen LogP contribution in [0.2, 0.25) is 10.0 Å². The summed E-state index contributed by atoms with van der Waals surface area (Å²) in [6.07, 6.45) is 0. The van der Waals surface area contributed by atoms with E-state index in [1.807, 2.05) is 0 Å². The maximum Gasteiger partial charge on any atom is 0.338 e. The molecule has 6 heteroatoms. The van der Waals surface area contributed by atoms with Gasteiger partial charge in [0.05, 0.1) is 21.3 Å². The molecule has 2 aromatic carbocycles. The molecule has 0 bridgehead atoms. The van der Waals surface area contributed by atoms with Crippen molar-refractivity contribution in [2.45, 2.75) is 6.61 Å². The molecule has 0 saturated heterocycles. The molecule has 0 unspecified atom stereocenters. The summed E-state index contributed by atoms with van der Waals surface area (Å²) < 4.78 is 18.6. The van der Waals surface area contributed by atoms with E-state index < -0.39 is 11.8 Å². The van der Waals surface area contributed by atoms with Crippen LogP contribution in [0.15, 0.2) is 36.4 Å². The smallest absolute Gasteiger partial charge is 0.338 e. The van der Waals surface area contributed by atoms with Gasteiger partial charge in [0.15, 0.2) is 0 Å². The van der Waals surface area contributed by atoms with E-state index in [1.54, 1.807) is 6.07 Å². The standard InChI is InChI=1S/C14H10Cl2FNO2/c15-10-5-4-8(6-12(10)18)14(19)20-7-9-2-1-3-11(16)13(9)17/h1-6H,7,18H2. The fourth-order valence-electron chi connectivity index (χ4n) is 1.56. The van der Waals surface area contributed by atoms with Crippen LogP contribution >= 0.6 is 23.2 Å². The summed E-state index contributed by atoms with van der Waals surface area (Å²) in [6.45, 7) is -0.215. The van der Waals surface area contributed by atoms with E-state index in [9.17, 15) is 9.18 Å². The molecule has 0 fully saturated rings. The van der Waals surface area contributed by atoms with Gasteiger partial charge in [-0.1, -0.05) is 35.3 Å². The van der Waals surface area contributed by atoms with Crippen molar-refractivity contribution in [3.8, 4) is 0 Å². The molecule has 0 aliphatic carbocycles. The topological polar surface area (TPSA) is 52.3 Å². The first-order valence-electron chi connectivity index (χ1n) is 5.64. The Morgan fingerprint density at radius 2 is 1.95 bits per heavy atom. The molecular formula is C14H10Cl2FNO2. The van der Waals surface area contributed by atoms with E-state index >= 15 is 0 Å². The van der Waals surface area contributed by atoms with Crippen molar-refractivity contribution in [3.05, 3.63) is 63.4 Å². The normalized spacial score (nSPS) is 10.3. The molecule has 104 valence electrons. The van der Waals surface area contributed by atoms with Crippen LogP contribution in [0.25, 0.3) is 0 Å². The number of carbonyl (C=O) groups is 1. The number of benzene rings is 2. The molecule has 0 saturated carbocycles. The van der Waals surface area contributed by atoms with Crippen molar-refractivity contribution in [1.82, 2.24) is 0 Å². The Bertz CT molecular complexity index is 662. The SMILES string of the molecule is Nc1cc(C(=O)OCc2cccc(Cl)c2F)ccc1Cl. The number of ether oxygens (including phenoxy) is 1. The molecule has 0 aromatic heterocycles.